The van der Waals surface area contributed by atoms with E-state index in [4.69, 9.17) is 10.5 Å². The summed E-state index contributed by atoms with van der Waals surface area (Å²) >= 11 is 0. The summed E-state index contributed by atoms with van der Waals surface area (Å²) in [6.07, 6.45) is -0.103. The number of ether oxygens (including phenoxy) is 1. The molecule has 0 aromatic heterocycles. The lowest BCUT2D eigenvalue weighted by Crippen LogP contribution is -2.28. The summed E-state index contributed by atoms with van der Waals surface area (Å²) in [6.45, 7) is 4.57. The Hall–Kier alpha value is -2.33. The number of aryl methyl sites for hydroxylation is 2. The van der Waals surface area contributed by atoms with E-state index >= 15 is 0 Å². The van der Waals surface area contributed by atoms with Crippen molar-refractivity contribution >= 4 is 12.4 Å². The molecule has 3 nitrogen and oxygen atoms in total. The minimum absolute atomic E-state index is 0. The normalized spacial score (nSPS) is 12.7. The number of hydrogen-bond donors (Lipinski definition) is 2. The summed E-state index contributed by atoms with van der Waals surface area (Å²) in [4.78, 5) is 0. The van der Waals surface area contributed by atoms with Gasteiger partial charge in [-0.3, -0.25) is 0 Å². The number of hydrogen-bond acceptors (Lipinski definition) is 3. The molecular weight excluding hydrogens is 370 g/mol. The molecule has 3 rings (SSSR count). The minimum Gasteiger partial charge on any atom is -0.488 e. The number of nitrogens with two attached hydrogens (primary N) is 1. The Labute approximate surface area is 173 Å². The van der Waals surface area contributed by atoms with E-state index in [1.807, 2.05) is 74.5 Å². The Balaban J connectivity index is 0.00000280. The maximum atomic E-state index is 10.6. The van der Waals surface area contributed by atoms with Crippen molar-refractivity contribution < 1.29 is 9.84 Å². The second-order valence-electron chi connectivity index (χ2n) is 7.04. The second-order valence-corrected chi connectivity index (χ2v) is 7.04. The molecule has 0 unspecified atom stereocenters. The van der Waals surface area contributed by atoms with Crippen molar-refractivity contribution in [1.29, 1.82) is 0 Å². The van der Waals surface area contributed by atoms with E-state index in [0.29, 0.717) is 13.0 Å². The van der Waals surface area contributed by atoms with Crippen molar-refractivity contribution in [2.24, 2.45) is 5.73 Å². The zero-order valence-electron chi connectivity index (χ0n) is 16.3. The maximum absolute atomic E-state index is 10.6. The molecule has 0 fully saturated rings. The Morgan fingerprint density at radius 3 is 1.89 bits per heavy atom. The summed E-state index contributed by atoms with van der Waals surface area (Å²) < 4.78 is 6.04. The standard InChI is InChI=1S/C24H27NO2.ClH/c1-17-13-21(23(25)22(26)15-19-9-5-3-6-10-19)14-18(2)24(17)27-16-20-11-7-4-8-12-20;/h3-14,22-23,26H,15-16,25H2,1-2H3;1H/t22-,23+;/m1./s1. The van der Waals surface area contributed by atoms with E-state index in [1.165, 1.54) is 0 Å². The third-order valence-corrected chi connectivity index (χ3v) is 4.80. The lowest BCUT2D eigenvalue weighted by Gasteiger charge is -2.22. The number of rotatable bonds is 7. The van der Waals surface area contributed by atoms with Gasteiger partial charge in [0.05, 0.1) is 12.1 Å². The fraction of sp³-hybridized carbons (Fsp3) is 0.250. The van der Waals surface area contributed by atoms with Crippen molar-refractivity contribution in [3.63, 3.8) is 0 Å². The summed E-state index contributed by atoms with van der Waals surface area (Å²) in [6, 6.07) is 23.6. The van der Waals surface area contributed by atoms with Gasteiger partial charge in [-0.15, -0.1) is 12.4 Å². The molecule has 0 amide bonds. The fourth-order valence-electron chi connectivity index (χ4n) is 3.34. The van der Waals surface area contributed by atoms with Crippen LogP contribution in [0, 0.1) is 13.8 Å². The van der Waals surface area contributed by atoms with Crippen LogP contribution in [0.25, 0.3) is 0 Å². The number of aliphatic hydroxyl groups is 1. The van der Waals surface area contributed by atoms with Crippen LogP contribution in [0.2, 0.25) is 0 Å². The molecule has 0 spiro atoms. The van der Waals surface area contributed by atoms with Crippen LogP contribution < -0.4 is 10.5 Å². The van der Waals surface area contributed by atoms with E-state index in [2.05, 4.69) is 12.1 Å². The molecule has 28 heavy (non-hydrogen) atoms. The molecule has 0 radical (unpaired) electrons. The van der Waals surface area contributed by atoms with Gasteiger partial charge in [-0.25, -0.2) is 0 Å². The largest absolute Gasteiger partial charge is 0.488 e. The van der Waals surface area contributed by atoms with Gasteiger partial charge in [-0.05, 0) is 41.7 Å². The highest BCUT2D eigenvalue weighted by Gasteiger charge is 2.19. The van der Waals surface area contributed by atoms with Crippen LogP contribution >= 0.6 is 12.4 Å². The molecule has 0 heterocycles. The van der Waals surface area contributed by atoms with E-state index < -0.39 is 12.1 Å². The first-order valence-electron chi connectivity index (χ1n) is 9.30. The Morgan fingerprint density at radius 2 is 1.36 bits per heavy atom. The first-order chi connectivity index (χ1) is 13.0. The smallest absolute Gasteiger partial charge is 0.125 e. The van der Waals surface area contributed by atoms with E-state index in [9.17, 15) is 5.11 Å². The van der Waals surface area contributed by atoms with Crippen molar-refractivity contribution in [1.82, 2.24) is 0 Å². The molecule has 2 atom stereocenters. The molecule has 0 aliphatic carbocycles. The van der Waals surface area contributed by atoms with Gasteiger partial charge in [0.2, 0.25) is 0 Å². The summed E-state index contributed by atoms with van der Waals surface area (Å²) in [7, 11) is 0. The SMILES string of the molecule is Cc1cc([C@H](N)[C@H](O)Cc2ccccc2)cc(C)c1OCc1ccccc1.Cl. The molecule has 0 aliphatic rings. The predicted octanol–water partition coefficient (Wildman–Crippen LogP) is 4.91. The van der Waals surface area contributed by atoms with Gasteiger partial charge >= 0.3 is 0 Å². The van der Waals surface area contributed by atoms with Crippen LogP contribution in [0.5, 0.6) is 5.75 Å². The van der Waals surface area contributed by atoms with Crippen molar-refractivity contribution in [3.8, 4) is 5.75 Å². The predicted molar refractivity (Wildman–Crippen MR) is 117 cm³/mol. The molecule has 148 valence electrons. The lowest BCUT2D eigenvalue weighted by atomic mass is 9.94. The maximum Gasteiger partial charge on any atom is 0.125 e. The van der Waals surface area contributed by atoms with Crippen molar-refractivity contribution in [2.45, 2.75) is 39.0 Å². The van der Waals surface area contributed by atoms with Gasteiger partial charge in [-0.2, -0.15) is 0 Å². The van der Waals surface area contributed by atoms with Crippen LogP contribution in [0.3, 0.4) is 0 Å². The van der Waals surface area contributed by atoms with Gasteiger partial charge < -0.3 is 15.6 Å². The van der Waals surface area contributed by atoms with Crippen LogP contribution in [0.1, 0.15) is 33.9 Å². The highest BCUT2D eigenvalue weighted by molar-refractivity contribution is 5.85. The zero-order chi connectivity index (χ0) is 19.2. The van der Waals surface area contributed by atoms with Gasteiger partial charge in [0.15, 0.2) is 0 Å². The summed E-state index contributed by atoms with van der Waals surface area (Å²) in [5.74, 6) is 0.882. The van der Waals surface area contributed by atoms with E-state index in [0.717, 1.165) is 33.6 Å². The van der Waals surface area contributed by atoms with Crippen LogP contribution in [-0.2, 0) is 13.0 Å². The quantitative estimate of drug-likeness (QED) is 0.595. The van der Waals surface area contributed by atoms with Crippen LogP contribution in [-0.4, -0.2) is 11.2 Å². The first kappa shape index (κ1) is 22.0. The first-order valence-corrected chi connectivity index (χ1v) is 9.30. The zero-order valence-corrected chi connectivity index (χ0v) is 17.2. The molecule has 0 saturated heterocycles. The molecule has 3 N–H and O–H groups in total. The molecule has 0 bridgehead atoms. The van der Waals surface area contributed by atoms with E-state index in [-0.39, 0.29) is 12.4 Å². The summed E-state index contributed by atoms with van der Waals surface area (Å²) in [5, 5.41) is 10.6. The van der Waals surface area contributed by atoms with Gasteiger partial charge in [0.25, 0.3) is 0 Å². The van der Waals surface area contributed by atoms with Crippen LogP contribution in [0.4, 0.5) is 0 Å². The average molecular weight is 398 g/mol. The van der Waals surface area contributed by atoms with Gasteiger partial charge in [0.1, 0.15) is 12.4 Å². The highest BCUT2D eigenvalue weighted by atomic mass is 35.5. The molecular formula is C24H28ClNO2. The second kappa shape index (κ2) is 10.3. The Bertz CT molecular complexity index is 845. The Kier molecular flexibility index (Phi) is 8.06. The molecule has 4 heteroatoms. The number of benzene rings is 3. The van der Waals surface area contributed by atoms with Crippen molar-refractivity contribution in [2.75, 3.05) is 0 Å². The van der Waals surface area contributed by atoms with Gasteiger partial charge in [-0.1, -0.05) is 72.8 Å². The topological polar surface area (TPSA) is 55.5 Å². The number of aliphatic hydroxyl groups excluding tert-OH is 1. The molecule has 3 aromatic carbocycles. The summed E-state index contributed by atoms with van der Waals surface area (Å²) in [5.41, 5.74) is 11.6. The Morgan fingerprint density at radius 1 is 0.857 bits per heavy atom. The average Bonchev–Trinajstić information content (AvgIpc) is 2.68. The van der Waals surface area contributed by atoms with Gasteiger partial charge in [0, 0.05) is 6.42 Å². The fourth-order valence-corrected chi connectivity index (χ4v) is 3.34. The molecule has 0 aliphatic heterocycles. The lowest BCUT2D eigenvalue weighted by molar-refractivity contribution is 0.145. The third kappa shape index (κ3) is 5.59. The van der Waals surface area contributed by atoms with Crippen LogP contribution in [0.15, 0.2) is 72.8 Å². The monoisotopic (exact) mass is 397 g/mol. The number of halogens is 1. The third-order valence-electron chi connectivity index (χ3n) is 4.80. The minimum atomic E-state index is -0.637. The van der Waals surface area contributed by atoms with E-state index in [1.54, 1.807) is 0 Å². The molecule has 3 aromatic rings. The molecule has 0 saturated carbocycles. The highest BCUT2D eigenvalue weighted by Crippen LogP contribution is 2.29. The van der Waals surface area contributed by atoms with Crippen molar-refractivity contribution in [3.05, 3.63) is 101 Å².